The zero-order valence-corrected chi connectivity index (χ0v) is 31.4. The molecule has 0 N–H and O–H groups in total. The van der Waals surface area contributed by atoms with E-state index in [1.54, 1.807) is 5.56 Å². The van der Waals surface area contributed by atoms with Gasteiger partial charge in [0.2, 0.25) is 0 Å². The van der Waals surface area contributed by atoms with Crippen molar-refractivity contribution in [3.05, 3.63) is 162 Å². The van der Waals surface area contributed by atoms with Crippen LogP contribution in [0.5, 0.6) is 0 Å². The lowest BCUT2D eigenvalue weighted by Crippen LogP contribution is -2.17. The topological polar surface area (TPSA) is 3.24 Å². The maximum atomic E-state index is 2.59. The molecule has 264 valence electrons. The van der Waals surface area contributed by atoms with Crippen LogP contribution >= 0.6 is 0 Å². The molecule has 0 amide bonds. The first kappa shape index (κ1) is 32.7. The average molecular weight is 690 g/mol. The summed E-state index contributed by atoms with van der Waals surface area (Å²) in [6.07, 6.45) is 12.3. The van der Waals surface area contributed by atoms with Crippen LogP contribution in [-0.4, -0.2) is 0 Å². The second kappa shape index (κ2) is 13.2. The summed E-state index contributed by atoms with van der Waals surface area (Å²) in [5, 5.41) is 0. The van der Waals surface area contributed by atoms with E-state index in [-0.39, 0.29) is 5.41 Å². The first-order valence-electron chi connectivity index (χ1n) is 20.5. The predicted octanol–water partition coefficient (Wildman–Crippen LogP) is 14.7. The van der Waals surface area contributed by atoms with Gasteiger partial charge < -0.3 is 4.90 Å². The zero-order valence-electron chi connectivity index (χ0n) is 31.4. The molecule has 0 aromatic heterocycles. The van der Waals surface area contributed by atoms with Gasteiger partial charge in [-0.25, -0.2) is 0 Å². The van der Waals surface area contributed by atoms with Crippen LogP contribution in [0.2, 0.25) is 0 Å². The number of benzene rings is 6. The van der Waals surface area contributed by atoms with E-state index in [1.165, 1.54) is 125 Å². The average Bonchev–Trinajstić information content (AvgIpc) is 3.92. The molecule has 0 saturated heterocycles. The number of hydrogen-bond donors (Lipinski definition) is 0. The number of rotatable bonds is 7. The van der Waals surface area contributed by atoms with Gasteiger partial charge in [0.1, 0.15) is 0 Å². The van der Waals surface area contributed by atoms with Gasteiger partial charge in [0.15, 0.2) is 0 Å². The molecule has 53 heavy (non-hydrogen) atoms. The van der Waals surface area contributed by atoms with Crippen molar-refractivity contribution >= 4 is 17.1 Å². The first-order chi connectivity index (χ1) is 26.0. The Kier molecular flexibility index (Phi) is 8.16. The largest absolute Gasteiger partial charge is 0.310 e. The zero-order chi connectivity index (χ0) is 35.5. The fourth-order valence-corrected chi connectivity index (χ4v) is 10.9. The van der Waals surface area contributed by atoms with E-state index >= 15 is 0 Å². The van der Waals surface area contributed by atoms with Crippen LogP contribution in [0.3, 0.4) is 0 Å². The third kappa shape index (κ3) is 5.75. The molecule has 1 heteroatoms. The van der Waals surface area contributed by atoms with Gasteiger partial charge >= 0.3 is 0 Å². The normalized spacial score (nSPS) is 21.4. The van der Waals surface area contributed by atoms with Crippen molar-refractivity contribution in [3.8, 4) is 33.4 Å². The third-order valence-corrected chi connectivity index (χ3v) is 13.7. The number of nitrogens with zero attached hydrogens (tertiary/aromatic N) is 1. The van der Waals surface area contributed by atoms with Crippen LogP contribution in [0.1, 0.15) is 106 Å². The van der Waals surface area contributed by atoms with E-state index in [0.29, 0.717) is 5.92 Å². The molecule has 10 rings (SSSR count). The van der Waals surface area contributed by atoms with Gasteiger partial charge in [0.05, 0.1) is 5.69 Å². The highest BCUT2D eigenvalue weighted by Crippen LogP contribution is 2.56. The Morgan fingerprint density at radius 3 is 1.94 bits per heavy atom. The van der Waals surface area contributed by atoms with Gasteiger partial charge in [-0.15, -0.1) is 0 Å². The summed E-state index contributed by atoms with van der Waals surface area (Å²) in [4.78, 5) is 2.59. The van der Waals surface area contributed by atoms with Crippen molar-refractivity contribution in [2.24, 2.45) is 11.8 Å². The van der Waals surface area contributed by atoms with E-state index in [4.69, 9.17) is 0 Å². The fraction of sp³-hybridized carbons (Fsp3) is 0.308. The summed E-state index contributed by atoms with van der Waals surface area (Å²) in [7, 11) is 0. The predicted molar refractivity (Wildman–Crippen MR) is 224 cm³/mol. The van der Waals surface area contributed by atoms with E-state index < -0.39 is 0 Å². The molecular formula is C52H51N. The molecule has 6 aromatic rings. The maximum absolute atomic E-state index is 2.59. The molecular weight excluding hydrogens is 639 g/mol. The SMILES string of the molecule is CC1(C)c2ccc(-c3ccccc3)cc2-c2cc(-c3ccccc3)c(N(c3ccc(C4CC5CCC4C5)cc3)c3cccc(C4CCCCC4)c3)cc21. The highest BCUT2D eigenvalue weighted by atomic mass is 15.1. The lowest BCUT2D eigenvalue weighted by molar-refractivity contribution is 0.420. The summed E-state index contributed by atoms with van der Waals surface area (Å²) in [5.74, 6) is 3.19. The molecule has 3 saturated carbocycles. The first-order valence-corrected chi connectivity index (χ1v) is 20.5. The van der Waals surface area contributed by atoms with Crippen LogP contribution in [-0.2, 0) is 5.41 Å². The Balaban J connectivity index is 1.16. The summed E-state index contributed by atoms with van der Waals surface area (Å²) in [5.41, 5.74) is 17.3. The summed E-state index contributed by atoms with van der Waals surface area (Å²) >= 11 is 0. The van der Waals surface area contributed by atoms with Crippen molar-refractivity contribution in [3.63, 3.8) is 0 Å². The molecule has 4 aliphatic carbocycles. The number of fused-ring (bicyclic) bond motifs is 5. The minimum Gasteiger partial charge on any atom is -0.310 e. The molecule has 3 unspecified atom stereocenters. The Hall–Kier alpha value is -4.88. The Morgan fingerprint density at radius 1 is 0.491 bits per heavy atom. The standard InChI is InChI=1S/C52H51N/c1-52(2)49-28-25-41(37-15-8-4-9-16-37)32-47(49)48-33-46(38-17-10-5-11-18-38)51(34-50(48)52)53(44-20-12-19-40(31-44)36-13-6-3-7-14-36)43-26-23-39(24-27-43)45-30-35-21-22-42(45)29-35/h4-5,8-12,15-20,23-28,31-36,42,45H,3,6-7,13-14,21-22,29-30H2,1-2H3. The Morgan fingerprint density at radius 2 is 1.23 bits per heavy atom. The highest BCUT2D eigenvalue weighted by Gasteiger charge is 2.40. The van der Waals surface area contributed by atoms with Crippen molar-refractivity contribution in [1.82, 2.24) is 0 Å². The lowest BCUT2D eigenvalue weighted by atomic mass is 9.81. The monoisotopic (exact) mass is 689 g/mol. The minimum absolute atomic E-state index is 0.134. The van der Waals surface area contributed by atoms with E-state index in [1.807, 2.05) is 0 Å². The van der Waals surface area contributed by atoms with Crippen LogP contribution < -0.4 is 4.90 Å². The van der Waals surface area contributed by atoms with Crippen LogP contribution in [0.25, 0.3) is 33.4 Å². The van der Waals surface area contributed by atoms with E-state index in [2.05, 4.69) is 158 Å². The van der Waals surface area contributed by atoms with Gasteiger partial charge in [-0.05, 0) is 148 Å². The Labute approximate surface area is 316 Å². The van der Waals surface area contributed by atoms with Gasteiger partial charge in [0, 0.05) is 22.4 Å². The third-order valence-electron chi connectivity index (χ3n) is 13.7. The molecule has 2 bridgehead atoms. The molecule has 3 fully saturated rings. The second-order valence-electron chi connectivity index (χ2n) is 17.2. The van der Waals surface area contributed by atoms with Gasteiger partial charge in [-0.1, -0.05) is 137 Å². The van der Waals surface area contributed by atoms with Crippen molar-refractivity contribution < 1.29 is 0 Å². The van der Waals surface area contributed by atoms with Gasteiger partial charge in [-0.2, -0.15) is 0 Å². The van der Waals surface area contributed by atoms with Crippen LogP contribution in [0, 0.1) is 11.8 Å². The van der Waals surface area contributed by atoms with Gasteiger partial charge in [0.25, 0.3) is 0 Å². The smallest absolute Gasteiger partial charge is 0.0543 e. The Bertz CT molecular complexity index is 2260. The minimum atomic E-state index is -0.134. The molecule has 4 aliphatic rings. The van der Waals surface area contributed by atoms with Crippen molar-refractivity contribution in [1.29, 1.82) is 0 Å². The maximum Gasteiger partial charge on any atom is 0.0543 e. The van der Waals surface area contributed by atoms with Crippen molar-refractivity contribution in [2.45, 2.75) is 88.9 Å². The van der Waals surface area contributed by atoms with Crippen LogP contribution in [0.4, 0.5) is 17.1 Å². The quantitative estimate of drug-likeness (QED) is 0.161. The molecule has 3 atom stereocenters. The van der Waals surface area contributed by atoms with Gasteiger partial charge in [-0.3, -0.25) is 0 Å². The summed E-state index contributed by atoms with van der Waals surface area (Å²) in [6, 6.07) is 53.5. The van der Waals surface area contributed by atoms with E-state index in [9.17, 15) is 0 Å². The van der Waals surface area contributed by atoms with Crippen LogP contribution in [0.15, 0.2) is 140 Å². The second-order valence-corrected chi connectivity index (χ2v) is 17.2. The highest BCUT2D eigenvalue weighted by molar-refractivity contribution is 5.95. The number of anilines is 3. The molecule has 0 heterocycles. The molecule has 1 nitrogen and oxygen atoms in total. The molecule has 0 radical (unpaired) electrons. The van der Waals surface area contributed by atoms with E-state index in [0.717, 1.165) is 17.8 Å². The summed E-state index contributed by atoms with van der Waals surface area (Å²) < 4.78 is 0. The molecule has 0 aliphatic heterocycles. The molecule has 6 aromatic carbocycles. The lowest BCUT2D eigenvalue weighted by Gasteiger charge is -2.32. The fourth-order valence-electron chi connectivity index (χ4n) is 10.9. The number of hydrogen-bond acceptors (Lipinski definition) is 1. The van der Waals surface area contributed by atoms with Crippen molar-refractivity contribution in [2.75, 3.05) is 4.90 Å². The molecule has 0 spiro atoms. The summed E-state index contributed by atoms with van der Waals surface area (Å²) in [6.45, 7) is 4.84.